The van der Waals surface area contributed by atoms with Gasteiger partial charge in [0, 0.05) is 25.2 Å². The van der Waals surface area contributed by atoms with Gasteiger partial charge in [-0.1, -0.05) is 0 Å². The number of hydrogen-bond acceptors (Lipinski definition) is 5. The maximum atomic E-state index is 13.4. The van der Waals surface area contributed by atoms with Crippen molar-refractivity contribution >= 4 is 28.6 Å². The van der Waals surface area contributed by atoms with Crippen LogP contribution in [0.3, 0.4) is 0 Å². The summed E-state index contributed by atoms with van der Waals surface area (Å²) in [6, 6.07) is 2.30. The fourth-order valence-electron chi connectivity index (χ4n) is 1.98. The number of nitrogens with two attached hydrogens (primary N) is 1. The summed E-state index contributed by atoms with van der Waals surface area (Å²) in [4.78, 5) is 19.6. The van der Waals surface area contributed by atoms with Crippen LogP contribution in [0.2, 0.25) is 0 Å². The lowest BCUT2D eigenvalue weighted by Gasteiger charge is -2.09. The number of anilines is 1. The maximum Gasteiger partial charge on any atom is 0.272 e. The van der Waals surface area contributed by atoms with E-state index in [-0.39, 0.29) is 11.1 Å². The molecule has 0 spiro atoms. The molecule has 2 rings (SSSR count). The molecule has 0 fully saturated rings. The van der Waals surface area contributed by atoms with E-state index in [4.69, 9.17) is 5.73 Å². The summed E-state index contributed by atoms with van der Waals surface area (Å²) >= 11 is 0. The van der Waals surface area contributed by atoms with Crippen LogP contribution in [-0.4, -0.2) is 36.5 Å². The summed E-state index contributed by atoms with van der Waals surface area (Å²) in [6.07, 6.45) is 1.78. The molecule has 0 aliphatic heterocycles. The van der Waals surface area contributed by atoms with E-state index in [0.717, 1.165) is 12.1 Å². The molecule has 0 unspecified atom stereocenters. The molecule has 2 aromatic rings. The van der Waals surface area contributed by atoms with Crippen LogP contribution in [0.5, 0.6) is 0 Å². The van der Waals surface area contributed by atoms with Crippen LogP contribution in [0.4, 0.5) is 10.1 Å². The zero-order chi connectivity index (χ0) is 15.4. The molecular weight excluding hydrogens is 275 g/mol. The third-order valence-electron chi connectivity index (χ3n) is 2.92. The van der Waals surface area contributed by atoms with Crippen LogP contribution >= 0.6 is 0 Å². The number of nitrogens with zero attached hydrogens (tertiary/aromatic N) is 3. The first kappa shape index (κ1) is 14.6. The SMILES string of the molecule is CN=CNC(Cc1n[nH]c(=O)c2cc(F)cc(N)c12)=NC. The van der Waals surface area contributed by atoms with E-state index in [0.29, 0.717) is 23.3 Å². The van der Waals surface area contributed by atoms with E-state index in [1.54, 1.807) is 14.1 Å². The third-order valence-corrected chi connectivity index (χ3v) is 2.92. The van der Waals surface area contributed by atoms with Gasteiger partial charge in [0.1, 0.15) is 11.7 Å². The second-order valence-electron chi connectivity index (χ2n) is 4.30. The molecule has 4 N–H and O–H groups in total. The number of fused-ring (bicyclic) bond motifs is 1. The second-order valence-corrected chi connectivity index (χ2v) is 4.30. The minimum absolute atomic E-state index is 0.164. The molecule has 0 aliphatic rings. The summed E-state index contributed by atoms with van der Waals surface area (Å²) in [5, 5.41) is 9.81. The number of aliphatic imine (C=N–C) groups is 2. The number of benzene rings is 1. The van der Waals surface area contributed by atoms with Crippen molar-refractivity contribution in [2.75, 3.05) is 19.8 Å². The Balaban J connectivity index is 2.55. The zero-order valence-corrected chi connectivity index (χ0v) is 11.6. The highest BCUT2D eigenvalue weighted by Gasteiger charge is 2.13. The van der Waals surface area contributed by atoms with Gasteiger partial charge in [-0.2, -0.15) is 5.10 Å². The van der Waals surface area contributed by atoms with Crippen molar-refractivity contribution in [2.24, 2.45) is 9.98 Å². The highest BCUT2D eigenvalue weighted by molar-refractivity contribution is 5.99. The van der Waals surface area contributed by atoms with Crippen molar-refractivity contribution in [1.29, 1.82) is 0 Å². The first-order chi connectivity index (χ1) is 10.1. The summed E-state index contributed by atoms with van der Waals surface area (Å²) in [7, 11) is 3.23. The average Bonchev–Trinajstić information content (AvgIpc) is 2.45. The number of amidine groups is 1. The molecule has 0 saturated carbocycles. The first-order valence-corrected chi connectivity index (χ1v) is 6.16. The molecular formula is C13H15FN6O. The molecule has 0 aliphatic carbocycles. The quantitative estimate of drug-likeness (QED) is 0.433. The molecule has 1 heterocycles. The normalized spacial score (nSPS) is 12.2. The topological polar surface area (TPSA) is 109 Å². The molecule has 0 saturated heterocycles. The molecule has 7 nitrogen and oxygen atoms in total. The highest BCUT2D eigenvalue weighted by atomic mass is 19.1. The maximum absolute atomic E-state index is 13.4. The Bertz CT molecular complexity index is 780. The Kier molecular flexibility index (Phi) is 4.27. The lowest BCUT2D eigenvalue weighted by molar-refractivity contribution is 0.630. The standard InChI is InChI=1S/C13H15FN6O/c1-16-6-18-11(17-2)5-10-12-8(13(21)20-19-10)3-7(14)4-9(12)15/h3-4,6H,5,15H2,1-2H3,(H,20,21)(H,16,17,18). The van der Waals surface area contributed by atoms with E-state index in [1.165, 1.54) is 6.34 Å². The number of nitrogen functional groups attached to an aromatic ring is 1. The second kappa shape index (κ2) is 6.12. The fourth-order valence-corrected chi connectivity index (χ4v) is 1.98. The molecule has 0 bridgehead atoms. The number of nitrogens with one attached hydrogen (secondary N) is 2. The Morgan fingerprint density at radius 2 is 2.29 bits per heavy atom. The monoisotopic (exact) mass is 290 g/mol. The van der Waals surface area contributed by atoms with Gasteiger partial charge in [0.15, 0.2) is 0 Å². The minimum Gasteiger partial charge on any atom is -0.398 e. The molecule has 110 valence electrons. The number of aromatic nitrogens is 2. The lowest BCUT2D eigenvalue weighted by atomic mass is 10.1. The van der Waals surface area contributed by atoms with Gasteiger partial charge in [0.2, 0.25) is 0 Å². The van der Waals surface area contributed by atoms with Crippen LogP contribution in [0, 0.1) is 5.82 Å². The van der Waals surface area contributed by atoms with Gasteiger partial charge in [0.05, 0.1) is 23.8 Å². The average molecular weight is 290 g/mol. The van der Waals surface area contributed by atoms with Crippen LogP contribution in [-0.2, 0) is 6.42 Å². The number of aromatic amines is 1. The Morgan fingerprint density at radius 1 is 1.52 bits per heavy atom. The Morgan fingerprint density at radius 3 is 2.95 bits per heavy atom. The van der Waals surface area contributed by atoms with Gasteiger partial charge in [-0.05, 0) is 12.1 Å². The minimum atomic E-state index is -0.566. The lowest BCUT2D eigenvalue weighted by Crippen LogP contribution is -2.25. The van der Waals surface area contributed by atoms with E-state index in [1.807, 2.05) is 0 Å². The van der Waals surface area contributed by atoms with Crippen molar-refractivity contribution in [3.8, 4) is 0 Å². The van der Waals surface area contributed by atoms with Crippen LogP contribution in [0.25, 0.3) is 10.8 Å². The van der Waals surface area contributed by atoms with Crippen molar-refractivity contribution < 1.29 is 4.39 Å². The van der Waals surface area contributed by atoms with Gasteiger partial charge in [-0.25, -0.2) is 9.49 Å². The number of hydrogen-bond donors (Lipinski definition) is 3. The zero-order valence-electron chi connectivity index (χ0n) is 11.6. The van der Waals surface area contributed by atoms with E-state index in [9.17, 15) is 9.18 Å². The van der Waals surface area contributed by atoms with Crippen LogP contribution < -0.4 is 16.6 Å². The molecule has 1 aromatic carbocycles. The fraction of sp³-hybridized carbons (Fsp3) is 0.231. The van der Waals surface area contributed by atoms with Gasteiger partial charge < -0.3 is 11.1 Å². The number of H-pyrrole nitrogens is 1. The summed E-state index contributed by atoms with van der Waals surface area (Å²) in [6.45, 7) is 0. The van der Waals surface area contributed by atoms with Gasteiger partial charge >= 0.3 is 0 Å². The molecule has 0 atom stereocenters. The van der Waals surface area contributed by atoms with Crippen molar-refractivity contribution in [3.05, 3.63) is 34.0 Å². The molecule has 1 aromatic heterocycles. The summed E-state index contributed by atoms with van der Waals surface area (Å²) in [5.74, 6) is 0.0217. The summed E-state index contributed by atoms with van der Waals surface area (Å²) in [5.41, 5.74) is 6.00. The van der Waals surface area contributed by atoms with E-state index >= 15 is 0 Å². The Hall–Kier alpha value is -2.77. The smallest absolute Gasteiger partial charge is 0.272 e. The van der Waals surface area contributed by atoms with Gasteiger partial charge in [-0.3, -0.25) is 14.8 Å². The molecule has 0 radical (unpaired) electrons. The van der Waals surface area contributed by atoms with Crippen molar-refractivity contribution in [1.82, 2.24) is 15.5 Å². The van der Waals surface area contributed by atoms with Gasteiger partial charge in [-0.15, -0.1) is 0 Å². The summed E-state index contributed by atoms with van der Waals surface area (Å²) < 4.78 is 13.4. The largest absolute Gasteiger partial charge is 0.398 e. The predicted molar refractivity (Wildman–Crippen MR) is 81.3 cm³/mol. The van der Waals surface area contributed by atoms with E-state index in [2.05, 4.69) is 25.5 Å². The highest BCUT2D eigenvalue weighted by Crippen LogP contribution is 2.22. The van der Waals surface area contributed by atoms with Crippen molar-refractivity contribution in [2.45, 2.75) is 6.42 Å². The predicted octanol–water partition coefficient (Wildman–Crippen LogP) is 0.463. The molecule has 21 heavy (non-hydrogen) atoms. The van der Waals surface area contributed by atoms with Crippen LogP contribution in [0.15, 0.2) is 26.9 Å². The van der Waals surface area contributed by atoms with E-state index < -0.39 is 11.4 Å². The third kappa shape index (κ3) is 3.04. The molecule has 0 amide bonds. The Labute approximate surface area is 119 Å². The molecule has 8 heteroatoms. The van der Waals surface area contributed by atoms with Crippen LogP contribution in [0.1, 0.15) is 5.69 Å². The van der Waals surface area contributed by atoms with Crippen molar-refractivity contribution in [3.63, 3.8) is 0 Å². The number of rotatable bonds is 3. The van der Waals surface area contributed by atoms with Gasteiger partial charge in [0.25, 0.3) is 5.56 Å². The first-order valence-electron chi connectivity index (χ1n) is 6.16. The number of halogens is 1.